The number of nitrogens with zero attached hydrogens (tertiary/aromatic N) is 2. The Kier molecular flexibility index (Phi) is 3.78. The number of hydrogen-bond acceptors (Lipinski definition) is 3. The molecule has 0 saturated carbocycles. The van der Waals surface area contributed by atoms with Crippen LogP contribution < -0.4 is 9.64 Å². The molecule has 1 rings (SSSR count). The third-order valence-corrected chi connectivity index (χ3v) is 2.65. The zero-order valence-corrected chi connectivity index (χ0v) is 10.3. The van der Waals surface area contributed by atoms with Gasteiger partial charge in [-0.25, -0.2) is 0 Å². The molecule has 0 aromatic heterocycles. The van der Waals surface area contributed by atoms with Gasteiger partial charge in [0.05, 0.1) is 12.7 Å². The second-order valence-corrected chi connectivity index (χ2v) is 4.16. The molecule has 1 aromatic rings. The highest BCUT2D eigenvalue weighted by Crippen LogP contribution is 2.24. The topological polar surface area (TPSA) is 36.3 Å². The van der Waals surface area contributed by atoms with Crippen molar-refractivity contribution in [2.75, 3.05) is 18.6 Å². The molecule has 3 nitrogen and oxygen atoms in total. The van der Waals surface area contributed by atoms with Gasteiger partial charge in [0.1, 0.15) is 11.3 Å². The first kappa shape index (κ1) is 12.4. The summed E-state index contributed by atoms with van der Waals surface area (Å²) in [5, 5.41) is 9.05. The van der Waals surface area contributed by atoms with E-state index in [2.05, 4.69) is 6.07 Å². The Morgan fingerprint density at radius 1 is 1.31 bits per heavy atom. The molecule has 0 aliphatic heterocycles. The third-order valence-electron chi connectivity index (χ3n) is 2.65. The summed E-state index contributed by atoms with van der Waals surface area (Å²) in [5.74, 6) is 0.856. The first-order chi connectivity index (χ1) is 7.51. The van der Waals surface area contributed by atoms with Crippen molar-refractivity contribution in [3.8, 4) is 11.8 Å². The second-order valence-electron chi connectivity index (χ2n) is 4.16. The van der Waals surface area contributed by atoms with E-state index in [1.165, 1.54) is 0 Å². The van der Waals surface area contributed by atoms with Crippen molar-refractivity contribution in [3.05, 3.63) is 24.3 Å². The number of anilines is 1. The van der Waals surface area contributed by atoms with Crippen molar-refractivity contribution in [3.63, 3.8) is 0 Å². The van der Waals surface area contributed by atoms with Crippen LogP contribution in [0.3, 0.4) is 0 Å². The Morgan fingerprint density at radius 2 is 1.88 bits per heavy atom. The molecule has 0 aliphatic rings. The zero-order chi connectivity index (χ0) is 12.2. The van der Waals surface area contributed by atoms with Crippen molar-refractivity contribution in [2.45, 2.75) is 26.3 Å². The van der Waals surface area contributed by atoms with Crippen LogP contribution in [-0.2, 0) is 0 Å². The van der Waals surface area contributed by atoms with Crippen LogP contribution in [0.15, 0.2) is 24.3 Å². The lowest BCUT2D eigenvalue weighted by Gasteiger charge is -2.31. The van der Waals surface area contributed by atoms with Gasteiger partial charge >= 0.3 is 0 Å². The Bertz CT molecular complexity index is 376. The molecule has 0 N–H and O–H groups in total. The van der Waals surface area contributed by atoms with Crippen LogP contribution in [0.1, 0.15) is 20.8 Å². The molecule has 0 aliphatic carbocycles. The molecule has 0 amide bonds. The molecule has 3 heteroatoms. The lowest BCUT2D eigenvalue weighted by molar-refractivity contribution is 0.340. The van der Waals surface area contributed by atoms with Crippen LogP contribution in [0, 0.1) is 11.3 Å². The van der Waals surface area contributed by atoms with E-state index < -0.39 is 5.54 Å². The summed E-state index contributed by atoms with van der Waals surface area (Å²) in [5.41, 5.74) is 0.502. The first-order valence-corrected chi connectivity index (χ1v) is 5.39. The molecule has 0 radical (unpaired) electrons. The van der Waals surface area contributed by atoms with Crippen LogP contribution in [0.4, 0.5) is 5.69 Å². The van der Waals surface area contributed by atoms with Gasteiger partial charge in [0, 0.05) is 12.7 Å². The van der Waals surface area contributed by atoms with Gasteiger partial charge in [-0.3, -0.25) is 0 Å². The molecule has 0 atom stereocenters. The van der Waals surface area contributed by atoms with E-state index in [0.717, 1.165) is 11.4 Å². The fourth-order valence-corrected chi connectivity index (χ4v) is 1.33. The van der Waals surface area contributed by atoms with Crippen LogP contribution in [0.25, 0.3) is 0 Å². The minimum Gasteiger partial charge on any atom is -0.494 e. The summed E-state index contributed by atoms with van der Waals surface area (Å²) in [4.78, 5) is 1.95. The van der Waals surface area contributed by atoms with E-state index in [1.807, 2.05) is 57.0 Å². The number of nitriles is 1. The molecule has 86 valence electrons. The molecule has 1 aromatic carbocycles. The lowest BCUT2D eigenvalue weighted by atomic mass is 10.1. The van der Waals surface area contributed by atoms with Gasteiger partial charge in [-0.1, -0.05) is 0 Å². The van der Waals surface area contributed by atoms with Gasteiger partial charge in [-0.2, -0.15) is 5.26 Å². The van der Waals surface area contributed by atoms with Crippen LogP contribution in [0.5, 0.6) is 5.75 Å². The van der Waals surface area contributed by atoms with E-state index in [4.69, 9.17) is 10.00 Å². The van der Waals surface area contributed by atoms with Crippen molar-refractivity contribution in [1.29, 1.82) is 5.26 Å². The largest absolute Gasteiger partial charge is 0.494 e. The average molecular weight is 218 g/mol. The molecule has 16 heavy (non-hydrogen) atoms. The number of ether oxygens (including phenoxy) is 1. The molecule has 0 spiro atoms. The summed E-state index contributed by atoms with van der Waals surface area (Å²) in [6.07, 6.45) is 0. The maximum Gasteiger partial charge on any atom is 0.121 e. The van der Waals surface area contributed by atoms with Gasteiger partial charge in [-0.05, 0) is 45.0 Å². The molecular formula is C13H18N2O. The minimum atomic E-state index is -0.507. The quantitative estimate of drug-likeness (QED) is 0.779. The van der Waals surface area contributed by atoms with E-state index in [9.17, 15) is 0 Å². The maximum atomic E-state index is 9.05. The van der Waals surface area contributed by atoms with Gasteiger partial charge in [0.2, 0.25) is 0 Å². The number of rotatable bonds is 4. The molecule has 0 saturated heterocycles. The van der Waals surface area contributed by atoms with E-state index in [0.29, 0.717) is 6.61 Å². The fraction of sp³-hybridized carbons (Fsp3) is 0.462. The summed E-state index contributed by atoms with van der Waals surface area (Å²) in [6.45, 7) is 6.41. The van der Waals surface area contributed by atoms with Crippen molar-refractivity contribution in [1.82, 2.24) is 0 Å². The van der Waals surface area contributed by atoms with Crippen molar-refractivity contribution < 1.29 is 4.74 Å². The Balaban J connectivity index is 2.86. The Hall–Kier alpha value is -1.69. The standard InChI is InChI=1S/C13H18N2O/c1-5-16-12-8-6-11(7-9-12)15(4)13(2,3)10-14/h6-9H,5H2,1-4H3. The van der Waals surface area contributed by atoms with Gasteiger partial charge in [0.25, 0.3) is 0 Å². The monoisotopic (exact) mass is 218 g/mol. The summed E-state index contributed by atoms with van der Waals surface area (Å²) in [7, 11) is 1.92. The number of benzene rings is 1. The molecule has 0 unspecified atom stereocenters. The Labute approximate surface area is 97.3 Å². The lowest BCUT2D eigenvalue weighted by Crippen LogP contribution is -2.39. The summed E-state index contributed by atoms with van der Waals surface area (Å²) in [6, 6.07) is 10.0. The molecule has 0 heterocycles. The zero-order valence-electron chi connectivity index (χ0n) is 10.3. The first-order valence-electron chi connectivity index (χ1n) is 5.39. The van der Waals surface area contributed by atoms with E-state index in [-0.39, 0.29) is 0 Å². The second kappa shape index (κ2) is 4.89. The van der Waals surface area contributed by atoms with Gasteiger partial charge in [0.15, 0.2) is 0 Å². The summed E-state index contributed by atoms with van der Waals surface area (Å²) >= 11 is 0. The van der Waals surface area contributed by atoms with Crippen LogP contribution >= 0.6 is 0 Å². The normalized spacial score (nSPS) is 10.7. The maximum absolute atomic E-state index is 9.05. The molecular weight excluding hydrogens is 200 g/mol. The van der Waals surface area contributed by atoms with Crippen molar-refractivity contribution >= 4 is 5.69 Å². The molecule has 0 bridgehead atoms. The third kappa shape index (κ3) is 2.66. The average Bonchev–Trinajstić information content (AvgIpc) is 2.29. The predicted octanol–water partition coefficient (Wildman–Crippen LogP) is 2.82. The Morgan fingerprint density at radius 3 is 2.31 bits per heavy atom. The van der Waals surface area contributed by atoms with Crippen LogP contribution in [-0.4, -0.2) is 19.2 Å². The SMILES string of the molecule is CCOc1ccc(N(C)C(C)(C)C#N)cc1. The van der Waals surface area contributed by atoms with E-state index >= 15 is 0 Å². The highest BCUT2D eigenvalue weighted by atomic mass is 16.5. The van der Waals surface area contributed by atoms with Gasteiger partial charge < -0.3 is 9.64 Å². The minimum absolute atomic E-state index is 0.507. The number of hydrogen-bond donors (Lipinski definition) is 0. The van der Waals surface area contributed by atoms with Crippen molar-refractivity contribution in [2.24, 2.45) is 0 Å². The highest BCUT2D eigenvalue weighted by molar-refractivity contribution is 5.51. The van der Waals surface area contributed by atoms with Crippen LogP contribution in [0.2, 0.25) is 0 Å². The highest BCUT2D eigenvalue weighted by Gasteiger charge is 2.22. The van der Waals surface area contributed by atoms with Gasteiger partial charge in [-0.15, -0.1) is 0 Å². The smallest absolute Gasteiger partial charge is 0.121 e. The summed E-state index contributed by atoms with van der Waals surface area (Å²) < 4.78 is 5.37. The predicted molar refractivity (Wildman–Crippen MR) is 65.7 cm³/mol. The van der Waals surface area contributed by atoms with E-state index in [1.54, 1.807) is 0 Å². The molecule has 0 fully saturated rings. The fourth-order valence-electron chi connectivity index (χ4n) is 1.33.